The SMILES string of the molecule is CC(CNCc1cccs1)N(C)Cc1ccccc1. The molecule has 1 heterocycles. The molecule has 0 saturated carbocycles. The zero-order chi connectivity index (χ0) is 13.5. The number of hydrogen-bond donors (Lipinski definition) is 1. The second kappa shape index (κ2) is 7.43. The normalized spacial score (nSPS) is 12.8. The average Bonchev–Trinajstić information content (AvgIpc) is 2.93. The second-order valence-corrected chi connectivity index (χ2v) is 5.99. The zero-order valence-corrected chi connectivity index (χ0v) is 12.5. The quantitative estimate of drug-likeness (QED) is 0.833. The van der Waals surface area contributed by atoms with Gasteiger partial charge < -0.3 is 5.32 Å². The van der Waals surface area contributed by atoms with Crippen molar-refractivity contribution in [1.29, 1.82) is 0 Å². The summed E-state index contributed by atoms with van der Waals surface area (Å²) in [5.41, 5.74) is 1.37. The van der Waals surface area contributed by atoms with Crippen LogP contribution in [0.3, 0.4) is 0 Å². The van der Waals surface area contributed by atoms with Crippen LogP contribution in [0, 0.1) is 0 Å². The maximum Gasteiger partial charge on any atom is 0.0300 e. The van der Waals surface area contributed by atoms with Crippen LogP contribution < -0.4 is 5.32 Å². The van der Waals surface area contributed by atoms with Crippen LogP contribution in [-0.4, -0.2) is 24.5 Å². The highest BCUT2D eigenvalue weighted by molar-refractivity contribution is 7.09. The molecule has 0 fully saturated rings. The summed E-state index contributed by atoms with van der Waals surface area (Å²) in [6.07, 6.45) is 0. The van der Waals surface area contributed by atoms with Crippen molar-refractivity contribution in [2.75, 3.05) is 13.6 Å². The highest BCUT2D eigenvalue weighted by atomic mass is 32.1. The molecule has 0 aliphatic carbocycles. The number of thiophene rings is 1. The van der Waals surface area contributed by atoms with Crippen molar-refractivity contribution in [3.05, 3.63) is 58.3 Å². The molecular formula is C16H22N2S. The van der Waals surface area contributed by atoms with Crippen molar-refractivity contribution in [2.24, 2.45) is 0 Å². The Bertz CT molecular complexity index is 453. The van der Waals surface area contributed by atoms with Gasteiger partial charge in [0.2, 0.25) is 0 Å². The standard InChI is InChI=1S/C16H22N2S/c1-14(11-17-12-16-9-6-10-19-16)18(2)13-15-7-4-3-5-8-15/h3-10,14,17H,11-13H2,1-2H3. The third-order valence-corrected chi connectivity index (χ3v) is 4.22. The summed E-state index contributed by atoms with van der Waals surface area (Å²) in [7, 11) is 2.19. The van der Waals surface area contributed by atoms with E-state index in [-0.39, 0.29) is 0 Å². The Morgan fingerprint density at radius 1 is 1.16 bits per heavy atom. The maximum absolute atomic E-state index is 3.52. The number of rotatable bonds is 7. The molecule has 1 atom stereocenters. The molecule has 3 heteroatoms. The Kier molecular flexibility index (Phi) is 5.58. The Morgan fingerprint density at radius 2 is 1.95 bits per heavy atom. The summed E-state index contributed by atoms with van der Waals surface area (Å²) in [5, 5.41) is 5.65. The zero-order valence-electron chi connectivity index (χ0n) is 11.7. The molecule has 2 aromatic rings. The molecule has 1 aromatic heterocycles. The van der Waals surface area contributed by atoms with Gasteiger partial charge in [-0.2, -0.15) is 0 Å². The third-order valence-electron chi connectivity index (χ3n) is 3.35. The van der Waals surface area contributed by atoms with Gasteiger partial charge in [0.25, 0.3) is 0 Å². The Hall–Kier alpha value is -1.16. The first-order chi connectivity index (χ1) is 9.25. The van der Waals surface area contributed by atoms with Crippen LogP contribution in [-0.2, 0) is 13.1 Å². The lowest BCUT2D eigenvalue weighted by Crippen LogP contribution is -2.37. The van der Waals surface area contributed by atoms with E-state index in [0.29, 0.717) is 6.04 Å². The maximum atomic E-state index is 3.52. The van der Waals surface area contributed by atoms with Gasteiger partial charge in [-0.1, -0.05) is 36.4 Å². The van der Waals surface area contributed by atoms with E-state index in [9.17, 15) is 0 Å². The van der Waals surface area contributed by atoms with Crippen LogP contribution in [0.15, 0.2) is 47.8 Å². The van der Waals surface area contributed by atoms with Crippen molar-refractivity contribution in [2.45, 2.75) is 26.1 Å². The van der Waals surface area contributed by atoms with Gasteiger partial charge in [0.15, 0.2) is 0 Å². The third kappa shape index (κ3) is 4.78. The van der Waals surface area contributed by atoms with Gasteiger partial charge in [-0.3, -0.25) is 4.90 Å². The highest BCUT2D eigenvalue weighted by Gasteiger charge is 2.09. The average molecular weight is 274 g/mol. The first-order valence-corrected chi connectivity index (χ1v) is 7.61. The van der Waals surface area contributed by atoms with Crippen LogP contribution >= 0.6 is 11.3 Å². The van der Waals surface area contributed by atoms with Gasteiger partial charge in [0.1, 0.15) is 0 Å². The van der Waals surface area contributed by atoms with Gasteiger partial charge in [-0.15, -0.1) is 11.3 Å². The molecule has 1 unspecified atom stereocenters. The van der Waals surface area contributed by atoms with Crippen molar-refractivity contribution in [3.8, 4) is 0 Å². The molecule has 0 bridgehead atoms. The second-order valence-electron chi connectivity index (χ2n) is 4.96. The van der Waals surface area contributed by atoms with E-state index in [1.807, 2.05) is 11.3 Å². The Labute approximate surface area is 120 Å². The number of nitrogens with one attached hydrogen (secondary N) is 1. The minimum Gasteiger partial charge on any atom is -0.310 e. The van der Waals surface area contributed by atoms with E-state index in [2.05, 4.69) is 72.0 Å². The molecule has 0 aliphatic heterocycles. The molecule has 19 heavy (non-hydrogen) atoms. The van der Waals surface area contributed by atoms with Crippen molar-refractivity contribution < 1.29 is 0 Å². The lowest BCUT2D eigenvalue weighted by molar-refractivity contribution is 0.242. The minimum absolute atomic E-state index is 0.528. The molecule has 1 aromatic carbocycles. The molecule has 0 spiro atoms. The van der Waals surface area contributed by atoms with E-state index >= 15 is 0 Å². The summed E-state index contributed by atoms with van der Waals surface area (Å²) < 4.78 is 0. The lowest BCUT2D eigenvalue weighted by Gasteiger charge is -2.25. The van der Waals surface area contributed by atoms with Crippen LogP contribution in [0.25, 0.3) is 0 Å². The number of hydrogen-bond acceptors (Lipinski definition) is 3. The molecule has 0 radical (unpaired) electrons. The van der Waals surface area contributed by atoms with Crippen LogP contribution in [0.2, 0.25) is 0 Å². The number of benzene rings is 1. The summed E-state index contributed by atoms with van der Waals surface area (Å²) in [6.45, 7) is 5.26. The van der Waals surface area contributed by atoms with Gasteiger partial charge in [-0.25, -0.2) is 0 Å². The van der Waals surface area contributed by atoms with E-state index < -0.39 is 0 Å². The van der Waals surface area contributed by atoms with E-state index in [4.69, 9.17) is 0 Å². The highest BCUT2D eigenvalue weighted by Crippen LogP contribution is 2.08. The molecule has 1 N–H and O–H groups in total. The Morgan fingerprint density at radius 3 is 2.63 bits per heavy atom. The monoisotopic (exact) mass is 274 g/mol. The lowest BCUT2D eigenvalue weighted by atomic mass is 10.2. The van der Waals surface area contributed by atoms with Gasteiger partial charge in [0, 0.05) is 30.6 Å². The molecule has 0 aliphatic rings. The van der Waals surface area contributed by atoms with E-state index in [0.717, 1.165) is 19.6 Å². The molecule has 0 amide bonds. The van der Waals surface area contributed by atoms with E-state index in [1.165, 1.54) is 10.4 Å². The fourth-order valence-corrected chi connectivity index (χ4v) is 2.67. The van der Waals surface area contributed by atoms with Gasteiger partial charge >= 0.3 is 0 Å². The van der Waals surface area contributed by atoms with Crippen molar-refractivity contribution in [3.63, 3.8) is 0 Å². The summed E-state index contributed by atoms with van der Waals surface area (Å²) in [4.78, 5) is 3.79. The topological polar surface area (TPSA) is 15.3 Å². The predicted octanol–water partition coefficient (Wildman–Crippen LogP) is 3.36. The minimum atomic E-state index is 0.528. The summed E-state index contributed by atoms with van der Waals surface area (Å²) in [6, 6.07) is 15.4. The van der Waals surface area contributed by atoms with E-state index in [1.54, 1.807) is 0 Å². The molecular weight excluding hydrogens is 252 g/mol. The van der Waals surface area contributed by atoms with Crippen LogP contribution in [0.1, 0.15) is 17.4 Å². The van der Waals surface area contributed by atoms with Gasteiger partial charge in [0.05, 0.1) is 0 Å². The molecule has 0 saturated heterocycles. The Balaban J connectivity index is 1.71. The van der Waals surface area contributed by atoms with Crippen molar-refractivity contribution in [1.82, 2.24) is 10.2 Å². The van der Waals surface area contributed by atoms with Gasteiger partial charge in [-0.05, 0) is 31.0 Å². The smallest absolute Gasteiger partial charge is 0.0300 e. The molecule has 2 rings (SSSR count). The number of nitrogens with zero attached hydrogens (tertiary/aromatic N) is 1. The first-order valence-electron chi connectivity index (χ1n) is 6.73. The fraction of sp³-hybridized carbons (Fsp3) is 0.375. The van der Waals surface area contributed by atoms with Crippen LogP contribution in [0.4, 0.5) is 0 Å². The predicted molar refractivity (Wildman–Crippen MR) is 83.4 cm³/mol. The number of likely N-dealkylation sites (N-methyl/N-ethyl adjacent to an activating group) is 1. The van der Waals surface area contributed by atoms with Crippen LogP contribution in [0.5, 0.6) is 0 Å². The summed E-state index contributed by atoms with van der Waals surface area (Å²) >= 11 is 1.81. The molecule has 2 nitrogen and oxygen atoms in total. The van der Waals surface area contributed by atoms with Crippen molar-refractivity contribution >= 4 is 11.3 Å². The first kappa shape index (κ1) is 14.3. The molecule has 102 valence electrons. The fourth-order valence-electron chi connectivity index (χ4n) is 2.00. The summed E-state index contributed by atoms with van der Waals surface area (Å²) in [5.74, 6) is 0. The largest absolute Gasteiger partial charge is 0.310 e.